The summed E-state index contributed by atoms with van der Waals surface area (Å²) in [5, 5.41) is 10.2. The van der Waals surface area contributed by atoms with E-state index in [0.717, 1.165) is 23.0 Å². The molecule has 2 amide bonds. The van der Waals surface area contributed by atoms with E-state index in [4.69, 9.17) is 0 Å². The van der Waals surface area contributed by atoms with Crippen LogP contribution >= 0.6 is 0 Å². The van der Waals surface area contributed by atoms with Crippen LogP contribution < -0.4 is 5.32 Å². The maximum atomic E-state index is 14.7. The van der Waals surface area contributed by atoms with Crippen molar-refractivity contribution in [2.24, 2.45) is 0 Å². The van der Waals surface area contributed by atoms with Crippen LogP contribution in [0.4, 0.5) is 23.2 Å². The molecule has 0 radical (unpaired) electrons. The van der Waals surface area contributed by atoms with E-state index in [-0.39, 0.29) is 23.5 Å². The summed E-state index contributed by atoms with van der Waals surface area (Å²) < 4.78 is 53.6. The van der Waals surface area contributed by atoms with Gasteiger partial charge in [-0.05, 0) is 42.8 Å². The number of nitrogens with one attached hydrogen (secondary N) is 2. The number of H-pyrrole nitrogens is 1. The Morgan fingerprint density at radius 3 is 2.66 bits per heavy atom. The van der Waals surface area contributed by atoms with Crippen LogP contribution in [0.3, 0.4) is 0 Å². The number of hydrogen-bond donors (Lipinski definition) is 2. The van der Waals surface area contributed by atoms with Gasteiger partial charge in [-0.2, -0.15) is 18.3 Å². The SMILES string of the molecule is CC1=C(C(=O)Nc2ccc3[nH]ncc3c2)C(c2ccc(C(F)(F)F)cc2F)CC(=O)N1C. The van der Waals surface area contributed by atoms with E-state index < -0.39 is 29.4 Å². The van der Waals surface area contributed by atoms with Gasteiger partial charge in [0.25, 0.3) is 5.91 Å². The Bertz CT molecular complexity index is 1260. The lowest BCUT2D eigenvalue weighted by molar-refractivity contribution is -0.138. The molecule has 0 spiro atoms. The number of carbonyl (C=O) groups is 2. The number of allylic oxidation sites excluding steroid dienone is 1. The zero-order valence-electron chi connectivity index (χ0n) is 17.0. The molecule has 32 heavy (non-hydrogen) atoms. The number of carbonyl (C=O) groups excluding carboxylic acids is 2. The molecule has 3 aromatic rings. The molecule has 1 aromatic heterocycles. The molecular formula is C22H18F4N4O2. The first-order valence-electron chi connectivity index (χ1n) is 9.64. The molecule has 0 saturated heterocycles. The average molecular weight is 446 g/mol. The predicted octanol–water partition coefficient (Wildman–Crippen LogP) is 4.58. The van der Waals surface area contributed by atoms with Gasteiger partial charge < -0.3 is 10.2 Å². The molecule has 2 N–H and O–H groups in total. The van der Waals surface area contributed by atoms with Crippen LogP contribution in [0.2, 0.25) is 0 Å². The third-order valence-electron chi connectivity index (χ3n) is 5.64. The smallest absolute Gasteiger partial charge is 0.322 e. The Hall–Kier alpha value is -3.69. The molecule has 166 valence electrons. The number of alkyl halides is 3. The van der Waals surface area contributed by atoms with E-state index in [1.54, 1.807) is 31.3 Å². The number of aromatic amines is 1. The third-order valence-corrected chi connectivity index (χ3v) is 5.64. The van der Waals surface area contributed by atoms with Gasteiger partial charge in [0.05, 0.1) is 17.3 Å². The van der Waals surface area contributed by atoms with Gasteiger partial charge in [-0.25, -0.2) is 4.39 Å². The number of halogens is 4. The van der Waals surface area contributed by atoms with E-state index >= 15 is 0 Å². The van der Waals surface area contributed by atoms with Gasteiger partial charge in [0.2, 0.25) is 5.91 Å². The van der Waals surface area contributed by atoms with Gasteiger partial charge in [0.1, 0.15) is 5.82 Å². The molecule has 0 saturated carbocycles. The van der Waals surface area contributed by atoms with Gasteiger partial charge in [0.15, 0.2) is 0 Å². The fourth-order valence-electron chi connectivity index (χ4n) is 3.83. The summed E-state index contributed by atoms with van der Waals surface area (Å²) in [4.78, 5) is 26.9. The molecule has 2 heterocycles. The van der Waals surface area contributed by atoms with Crippen LogP contribution in [0.5, 0.6) is 0 Å². The normalized spacial score (nSPS) is 17.2. The van der Waals surface area contributed by atoms with E-state index in [2.05, 4.69) is 15.5 Å². The Morgan fingerprint density at radius 1 is 1.22 bits per heavy atom. The molecule has 0 bridgehead atoms. The fraction of sp³-hybridized carbons (Fsp3) is 0.227. The second kappa shape index (κ2) is 7.77. The summed E-state index contributed by atoms with van der Waals surface area (Å²) in [5.41, 5.74) is 0.347. The molecule has 1 atom stereocenters. The number of fused-ring (bicyclic) bond motifs is 1. The van der Waals surface area contributed by atoms with Crippen molar-refractivity contribution in [1.29, 1.82) is 0 Å². The molecular weight excluding hydrogens is 428 g/mol. The summed E-state index contributed by atoms with van der Waals surface area (Å²) in [6, 6.07) is 7.19. The molecule has 10 heteroatoms. The van der Waals surface area contributed by atoms with Crippen molar-refractivity contribution < 1.29 is 27.2 Å². The zero-order chi connectivity index (χ0) is 23.2. The maximum absolute atomic E-state index is 14.7. The highest BCUT2D eigenvalue weighted by Gasteiger charge is 2.37. The van der Waals surface area contributed by atoms with E-state index in [9.17, 15) is 27.2 Å². The number of anilines is 1. The van der Waals surface area contributed by atoms with Gasteiger partial charge in [-0.1, -0.05) is 6.07 Å². The Morgan fingerprint density at radius 2 is 1.97 bits per heavy atom. The summed E-state index contributed by atoms with van der Waals surface area (Å²) in [7, 11) is 1.49. The van der Waals surface area contributed by atoms with Gasteiger partial charge in [0, 0.05) is 41.7 Å². The first kappa shape index (κ1) is 21.5. The minimum absolute atomic E-state index is 0.109. The van der Waals surface area contributed by atoms with Crippen molar-refractivity contribution >= 4 is 28.4 Å². The van der Waals surface area contributed by atoms with Crippen molar-refractivity contribution in [2.45, 2.75) is 25.4 Å². The second-order valence-electron chi connectivity index (χ2n) is 7.57. The molecule has 1 aliphatic rings. The number of amides is 2. The van der Waals surface area contributed by atoms with Crippen molar-refractivity contribution in [3.05, 3.63) is 70.8 Å². The predicted molar refractivity (Wildman–Crippen MR) is 109 cm³/mol. The largest absolute Gasteiger partial charge is 0.416 e. The number of benzene rings is 2. The molecule has 4 rings (SSSR count). The molecule has 1 aliphatic heterocycles. The summed E-state index contributed by atoms with van der Waals surface area (Å²) in [6.07, 6.45) is -3.37. The quantitative estimate of drug-likeness (QED) is 0.579. The van der Waals surface area contributed by atoms with E-state index in [0.29, 0.717) is 17.5 Å². The maximum Gasteiger partial charge on any atom is 0.416 e. The van der Waals surface area contributed by atoms with Crippen LogP contribution in [-0.4, -0.2) is 34.0 Å². The van der Waals surface area contributed by atoms with Crippen LogP contribution in [-0.2, 0) is 15.8 Å². The number of hydrogen-bond acceptors (Lipinski definition) is 3. The van der Waals surface area contributed by atoms with Crippen LogP contribution in [0.1, 0.15) is 30.4 Å². The van der Waals surface area contributed by atoms with Crippen molar-refractivity contribution in [1.82, 2.24) is 15.1 Å². The van der Waals surface area contributed by atoms with Crippen LogP contribution in [0, 0.1) is 5.82 Å². The molecule has 0 aliphatic carbocycles. The lowest BCUT2D eigenvalue weighted by Gasteiger charge is -2.32. The highest BCUT2D eigenvalue weighted by Crippen LogP contribution is 2.39. The molecule has 0 fully saturated rings. The number of nitrogens with zero attached hydrogens (tertiary/aromatic N) is 2. The summed E-state index contributed by atoms with van der Waals surface area (Å²) in [5.74, 6) is -3.10. The first-order valence-corrected chi connectivity index (χ1v) is 9.64. The topological polar surface area (TPSA) is 78.1 Å². The third kappa shape index (κ3) is 3.83. The lowest BCUT2D eigenvalue weighted by Crippen LogP contribution is -2.37. The van der Waals surface area contributed by atoms with E-state index in [1.807, 2.05) is 0 Å². The molecule has 6 nitrogen and oxygen atoms in total. The summed E-state index contributed by atoms with van der Waals surface area (Å²) in [6.45, 7) is 1.54. The zero-order valence-corrected chi connectivity index (χ0v) is 17.0. The highest BCUT2D eigenvalue weighted by atomic mass is 19.4. The highest BCUT2D eigenvalue weighted by molar-refractivity contribution is 6.07. The van der Waals surface area contributed by atoms with Crippen LogP contribution in [0.25, 0.3) is 10.9 Å². The van der Waals surface area contributed by atoms with Gasteiger partial charge >= 0.3 is 6.18 Å². The molecule has 1 unspecified atom stereocenters. The van der Waals surface area contributed by atoms with Gasteiger partial charge in [-0.15, -0.1) is 0 Å². The van der Waals surface area contributed by atoms with Crippen molar-refractivity contribution in [3.8, 4) is 0 Å². The second-order valence-corrected chi connectivity index (χ2v) is 7.57. The Balaban J connectivity index is 1.73. The minimum atomic E-state index is -4.71. The minimum Gasteiger partial charge on any atom is -0.322 e. The first-order chi connectivity index (χ1) is 15.1. The Kier molecular flexibility index (Phi) is 5.23. The number of rotatable bonds is 3. The monoisotopic (exact) mass is 446 g/mol. The fourth-order valence-corrected chi connectivity index (χ4v) is 3.83. The Labute approximate surface area is 179 Å². The summed E-state index contributed by atoms with van der Waals surface area (Å²) >= 11 is 0. The van der Waals surface area contributed by atoms with E-state index in [1.165, 1.54) is 11.9 Å². The van der Waals surface area contributed by atoms with Gasteiger partial charge in [-0.3, -0.25) is 14.7 Å². The number of aromatic nitrogens is 2. The molecule has 2 aromatic carbocycles. The average Bonchev–Trinajstić information content (AvgIpc) is 3.18. The van der Waals surface area contributed by atoms with Crippen molar-refractivity contribution in [2.75, 3.05) is 12.4 Å². The standard InChI is InChI=1S/C22H18F4N4O2/c1-11-20(21(32)28-14-4-6-18-12(7-14)10-27-29-18)16(9-19(31)30(11)2)15-5-3-13(8-17(15)23)22(24,25)26/h3-8,10,16H,9H2,1-2H3,(H,27,29)(H,28,32). The van der Waals surface area contributed by atoms with Crippen LogP contribution in [0.15, 0.2) is 53.9 Å². The van der Waals surface area contributed by atoms with Crippen molar-refractivity contribution in [3.63, 3.8) is 0 Å². The lowest BCUT2D eigenvalue weighted by atomic mass is 9.82.